The molecule has 2 aromatic rings. The predicted molar refractivity (Wildman–Crippen MR) is 212 cm³/mol. The maximum absolute atomic E-state index is 13.8. The number of anilines is 2. The van der Waals surface area contributed by atoms with Crippen LogP contribution in [0.25, 0.3) is 0 Å². The van der Waals surface area contributed by atoms with Crippen LogP contribution < -0.4 is 15.5 Å². The maximum Gasteiger partial charge on any atom is 0.337 e. The zero-order valence-electron chi connectivity index (χ0n) is 26.1. The zero-order chi connectivity index (χ0) is 38.6. The first-order valence-corrected chi connectivity index (χ1v) is 15.4. The number of amides is 6. The molecule has 6 amide bonds. The number of esters is 2. The molecule has 0 aliphatic carbocycles. The van der Waals surface area contributed by atoms with Crippen molar-refractivity contribution in [3.05, 3.63) is 55.2 Å². The summed E-state index contributed by atoms with van der Waals surface area (Å²) in [5, 5.41) is 19.7. The third-order valence-electron chi connectivity index (χ3n) is 4.55. The van der Waals surface area contributed by atoms with Crippen LogP contribution in [0.3, 0.4) is 0 Å². The number of barbiturate groups is 1. The predicted octanol–water partition coefficient (Wildman–Crippen LogP) is 6.88. The lowest BCUT2D eigenvalue weighted by molar-refractivity contribution is -0.156. The fourth-order valence-corrected chi connectivity index (χ4v) is 3.60. The van der Waals surface area contributed by atoms with Gasteiger partial charge in [-0.3, -0.25) is 38.5 Å². The highest BCUT2D eigenvalue weighted by atomic mass is 127. The summed E-state index contributed by atoms with van der Waals surface area (Å²) in [5.41, 5.74) is 0.0459. The van der Waals surface area contributed by atoms with E-state index in [1.54, 1.807) is 12.1 Å². The molecule has 0 radical (unpaired) electrons. The lowest BCUT2D eigenvalue weighted by atomic mass is 10.2. The fraction of sp³-hybridized carbons (Fsp3) is 0.344. The number of aliphatic carboxylic acids is 2. The number of ether oxygens (including phenoxy) is 1. The number of benzene rings is 2. The number of imide groups is 2. The van der Waals surface area contributed by atoms with Crippen LogP contribution in [0.15, 0.2) is 36.4 Å². The first kappa shape index (κ1) is 60.8. The molecular formula is C32H45ClF2I2N4O12. The van der Waals surface area contributed by atoms with Gasteiger partial charge in [0.05, 0.1) is 11.4 Å². The standard InChI is InChI=1S/C11H8FIN2O3.C8H8FIN2O.C4H6O3.C3H4O4.C2H3ClO.4CH4/c1-14-9(16)5-10(17)15(11(14)18)8-3-2-6(13)4-7(8)12;1-11-8(13)12-7-3-2-5(10)4-6(7)9;1-3(5)7-4(2)6;4-2(5)1-3(6)7;1-2(3)4;;;;/h2-4H,5H2,1H3;2-4H,1H3,(H2,11,12,13);1-2H3;1H2,(H,4,5)(H,6,7);1H3;4*1H4. The normalized spacial score (nSPS) is 10.5. The van der Waals surface area contributed by atoms with E-state index in [1.807, 2.05) is 45.2 Å². The minimum atomic E-state index is -1.31. The van der Waals surface area contributed by atoms with Gasteiger partial charge in [0.15, 0.2) is 0 Å². The monoisotopic (exact) mass is 1000 g/mol. The van der Waals surface area contributed by atoms with Crippen LogP contribution in [-0.2, 0) is 38.3 Å². The Hall–Kier alpha value is -4.32. The Bertz CT molecular complexity index is 1530. The third kappa shape index (κ3) is 27.9. The molecular weight excluding hydrogens is 960 g/mol. The first-order valence-electron chi connectivity index (χ1n) is 12.8. The summed E-state index contributed by atoms with van der Waals surface area (Å²) in [5.74, 6) is -6.17. The third-order valence-corrected chi connectivity index (χ3v) is 5.89. The number of carboxylic acid groups (broad SMARTS) is 2. The highest BCUT2D eigenvalue weighted by Gasteiger charge is 2.37. The summed E-state index contributed by atoms with van der Waals surface area (Å²) in [6.45, 7) is 3.66. The van der Waals surface area contributed by atoms with Crippen LogP contribution in [0, 0.1) is 18.8 Å². The molecule has 4 N–H and O–H groups in total. The Morgan fingerprint density at radius 2 is 1.23 bits per heavy atom. The number of nitrogens with zero attached hydrogens (tertiary/aromatic N) is 2. The van der Waals surface area contributed by atoms with Crippen LogP contribution in [0.4, 0.5) is 29.7 Å². The van der Waals surface area contributed by atoms with Gasteiger partial charge < -0.3 is 25.6 Å². The molecule has 0 saturated carbocycles. The van der Waals surface area contributed by atoms with Crippen LogP contribution in [-0.4, -0.2) is 82.2 Å². The van der Waals surface area contributed by atoms with Gasteiger partial charge >= 0.3 is 35.9 Å². The van der Waals surface area contributed by atoms with Crippen LogP contribution in [0.1, 0.15) is 63.3 Å². The molecule has 0 spiro atoms. The second kappa shape index (κ2) is 31.2. The molecule has 1 aliphatic heterocycles. The molecule has 0 bridgehead atoms. The van der Waals surface area contributed by atoms with Crippen molar-refractivity contribution < 1.29 is 66.9 Å². The van der Waals surface area contributed by atoms with Gasteiger partial charge in [-0.05, 0) is 93.2 Å². The lowest BCUT2D eigenvalue weighted by Crippen LogP contribution is -2.53. The molecule has 2 aromatic carbocycles. The number of carboxylic acids is 2. The average molecular weight is 1000 g/mol. The van der Waals surface area contributed by atoms with Crippen LogP contribution >= 0.6 is 56.8 Å². The number of urea groups is 2. The van der Waals surface area contributed by atoms with Gasteiger partial charge in [0, 0.05) is 42.0 Å². The van der Waals surface area contributed by atoms with Crippen molar-refractivity contribution in [1.82, 2.24) is 10.2 Å². The zero-order valence-corrected chi connectivity index (χ0v) is 31.2. The molecule has 0 aromatic heterocycles. The topological polar surface area (TPSA) is 234 Å². The molecule has 16 nitrogen and oxygen atoms in total. The summed E-state index contributed by atoms with van der Waals surface area (Å²) in [6.07, 6.45) is -1.24. The van der Waals surface area contributed by atoms with Gasteiger partial charge in [-0.1, -0.05) is 29.7 Å². The van der Waals surface area contributed by atoms with E-state index in [1.165, 1.54) is 59.1 Å². The molecule has 1 fully saturated rings. The highest BCUT2D eigenvalue weighted by Crippen LogP contribution is 2.25. The van der Waals surface area contributed by atoms with Crippen molar-refractivity contribution in [2.75, 3.05) is 24.3 Å². The maximum atomic E-state index is 13.8. The quantitative estimate of drug-likeness (QED) is 0.106. The Balaban J connectivity index is -0.000000140. The number of hydrogen-bond acceptors (Lipinski definition) is 10. The van der Waals surface area contributed by atoms with E-state index in [9.17, 15) is 51.9 Å². The molecule has 0 atom stereocenters. The molecule has 53 heavy (non-hydrogen) atoms. The molecule has 21 heteroatoms. The van der Waals surface area contributed by atoms with Crippen LogP contribution in [0.5, 0.6) is 0 Å². The van der Waals surface area contributed by atoms with Gasteiger partial charge in [0.2, 0.25) is 17.1 Å². The number of rotatable bonds is 4. The Morgan fingerprint density at radius 1 is 0.811 bits per heavy atom. The SMILES string of the molecule is C.C.C.C.CC(=O)Cl.CC(=O)OC(C)=O.CN1C(=O)CC(=O)N(c2ccc(I)cc2F)C1=O.CNC(=O)Nc1ccc(I)cc1F.O=C(O)CC(=O)O. The van der Waals surface area contributed by atoms with Gasteiger partial charge in [-0.25, -0.2) is 23.3 Å². The second-order valence-corrected chi connectivity index (χ2v) is 11.6. The van der Waals surface area contributed by atoms with Crippen molar-refractivity contribution >= 4 is 121 Å². The number of carbonyl (C=O) groups excluding carboxylic acids is 7. The average Bonchev–Trinajstić information content (AvgIpc) is 2.93. The smallest absolute Gasteiger partial charge is 0.337 e. The van der Waals surface area contributed by atoms with E-state index in [-0.39, 0.29) is 46.3 Å². The summed E-state index contributed by atoms with van der Waals surface area (Å²) in [7, 11) is 2.73. The van der Waals surface area contributed by atoms with E-state index in [0.29, 0.717) is 8.47 Å². The van der Waals surface area contributed by atoms with E-state index >= 15 is 0 Å². The summed E-state index contributed by atoms with van der Waals surface area (Å²) in [6, 6.07) is 7.46. The summed E-state index contributed by atoms with van der Waals surface area (Å²) >= 11 is 8.55. The molecule has 1 aliphatic rings. The Morgan fingerprint density at radius 3 is 1.55 bits per heavy atom. The van der Waals surface area contributed by atoms with Crippen molar-refractivity contribution in [2.45, 2.75) is 63.3 Å². The fourth-order valence-electron chi connectivity index (χ4n) is 2.70. The van der Waals surface area contributed by atoms with Crippen molar-refractivity contribution in [3.8, 4) is 0 Å². The Labute approximate surface area is 339 Å². The number of hydrogen-bond donors (Lipinski definition) is 4. The second-order valence-electron chi connectivity index (χ2n) is 8.59. The molecule has 1 saturated heterocycles. The minimum Gasteiger partial charge on any atom is -0.481 e. The van der Waals surface area contributed by atoms with E-state index < -0.39 is 72.2 Å². The minimum absolute atomic E-state index is 0. The number of halogens is 5. The molecule has 1 heterocycles. The van der Waals surface area contributed by atoms with Gasteiger partial charge in [-0.15, -0.1) is 0 Å². The first-order chi connectivity index (χ1) is 22.5. The number of carbonyl (C=O) groups is 9. The van der Waals surface area contributed by atoms with E-state index in [4.69, 9.17) is 10.2 Å². The van der Waals surface area contributed by atoms with Crippen molar-refractivity contribution in [3.63, 3.8) is 0 Å². The van der Waals surface area contributed by atoms with Gasteiger partial charge in [-0.2, -0.15) is 0 Å². The molecule has 300 valence electrons. The van der Waals surface area contributed by atoms with Gasteiger partial charge in [0.25, 0.3) is 0 Å². The van der Waals surface area contributed by atoms with E-state index in [0.717, 1.165) is 8.47 Å². The largest absolute Gasteiger partial charge is 0.481 e. The Kier molecular flexibility index (Phi) is 35.8. The highest BCUT2D eigenvalue weighted by molar-refractivity contribution is 14.1. The van der Waals surface area contributed by atoms with Crippen LogP contribution in [0.2, 0.25) is 0 Å². The summed E-state index contributed by atoms with van der Waals surface area (Å²) in [4.78, 5) is 94.8. The van der Waals surface area contributed by atoms with E-state index in [2.05, 4.69) is 27.0 Å². The molecule has 0 unspecified atom stereocenters. The summed E-state index contributed by atoms with van der Waals surface area (Å²) < 4.78 is 32.3. The number of nitrogens with one attached hydrogen (secondary N) is 2. The lowest BCUT2D eigenvalue weighted by Gasteiger charge is -2.30. The van der Waals surface area contributed by atoms with Crippen molar-refractivity contribution in [1.29, 1.82) is 0 Å². The molecule has 3 rings (SSSR count). The van der Waals surface area contributed by atoms with Gasteiger partial charge in [0.1, 0.15) is 24.5 Å². The van der Waals surface area contributed by atoms with Crippen molar-refractivity contribution in [2.24, 2.45) is 0 Å².